The number of amides is 2. The molecule has 0 saturated carbocycles. The lowest BCUT2D eigenvalue weighted by Crippen LogP contribution is -2.67. The number of anilines is 1. The molecule has 274 valence electrons. The van der Waals surface area contributed by atoms with E-state index >= 15 is 0 Å². The number of piperidine rings is 1. The highest BCUT2D eigenvalue weighted by molar-refractivity contribution is 6.06. The summed E-state index contributed by atoms with van der Waals surface area (Å²) in [5.74, 6) is 1.75. The smallest absolute Gasteiger partial charge is 0.254 e. The molecule has 11 heteroatoms. The summed E-state index contributed by atoms with van der Waals surface area (Å²) in [6, 6.07) is 25.5. The van der Waals surface area contributed by atoms with E-state index in [4.69, 9.17) is 23.7 Å². The maximum atomic E-state index is 14.4. The number of methoxy groups -OCH3 is 3. The van der Waals surface area contributed by atoms with Gasteiger partial charge in [-0.3, -0.25) is 9.59 Å². The van der Waals surface area contributed by atoms with Gasteiger partial charge in [-0.05, 0) is 98.8 Å². The van der Waals surface area contributed by atoms with Crippen LogP contribution >= 0.6 is 0 Å². The minimum Gasteiger partial charge on any atom is -0.508 e. The number of benzene rings is 4. The number of phenolic OH excluding ortho intramolecular Hbond substituents is 1. The van der Waals surface area contributed by atoms with E-state index in [2.05, 4.69) is 12.1 Å². The molecule has 0 bridgehead atoms. The van der Waals surface area contributed by atoms with Gasteiger partial charge in [0.25, 0.3) is 5.91 Å². The van der Waals surface area contributed by atoms with Crippen LogP contribution in [0.1, 0.15) is 55.6 Å². The highest BCUT2D eigenvalue weighted by atomic mass is 16.6. The summed E-state index contributed by atoms with van der Waals surface area (Å²) in [7, 11) is 4.53. The first kappa shape index (κ1) is 36.5. The van der Waals surface area contributed by atoms with Gasteiger partial charge in [0.1, 0.15) is 11.5 Å². The van der Waals surface area contributed by atoms with E-state index < -0.39 is 17.3 Å². The molecule has 6 rings (SSSR count). The molecule has 2 atom stereocenters. The van der Waals surface area contributed by atoms with Gasteiger partial charge >= 0.3 is 0 Å². The minimum absolute atomic E-state index is 0.000706. The summed E-state index contributed by atoms with van der Waals surface area (Å²) >= 11 is 0. The molecule has 2 heterocycles. The number of hydrogen-bond donors (Lipinski definition) is 2. The Hall–Kier alpha value is -5.26. The van der Waals surface area contributed by atoms with Crippen LogP contribution in [0, 0.1) is 5.41 Å². The second-order valence-electron chi connectivity index (χ2n) is 13.6. The lowest BCUT2D eigenvalue weighted by Gasteiger charge is -2.59. The molecule has 2 amide bonds. The number of aliphatic hydroxyl groups is 1. The Kier molecular flexibility index (Phi) is 10.4. The molecule has 2 fully saturated rings. The van der Waals surface area contributed by atoms with E-state index in [9.17, 15) is 19.8 Å². The molecule has 0 aromatic heterocycles. The van der Waals surface area contributed by atoms with Crippen LogP contribution in [0.15, 0.2) is 84.9 Å². The lowest BCUT2D eigenvalue weighted by atomic mass is 9.62. The van der Waals surface area contributed by atoms with Crippen LogP contribution in [-0.4, -0.2) is 79.8 Å². The fraction of sp³-hybridized carbons (Fsp3) is 0.366. The van der Waals surface area contributed by atoms with E-state index in [-0.39, 0.29) is 23.6 Å². The van der Waals surface area contributed by atoms with Crippen molar-refractivity contribution in [3.63, 3.8) is 0 Å². The number of ether oxygens (including phenoxy) is 5. The van der Waals surface area contributed by atoms with Crippen molar-refractivity contribution >= 4 is 17.5 Å². The number of aromatic hydroxyl groups is 1. The molecule has 2 N–H and O–H groups in total. The Morgan fingerprint density at radius 1 is 0.865 bits per heavy atom. The van der Waals surface area contributed by atoms with Gasteiger partial charge in [0.05, 0.1) is 32.8 Å². The van der Waals surface area contributed by atoms with Crippen molar-refractivity contribution < 1.29 is 43.5 Å². The number of carbonyl (C=O) groups is 2. The molecule has 11 nitrogen and oxygen atoms in total. The molecule has 4 aromatic rings. The Morgan fingerprint density at radius 2 is 1.42 bits per heavy atom. The van der Waals surface area contributed by atoms with Gasteiger partial charge in [0, 0.05) is 30.9 Å². The average Bonchev–Trinajstić information content (AvgIpc) is 3.16. The SMILES string of the molecule is CCOC(O)C(C)(C)Oc1ccc(N2C(=O)C3(CCN(C(=O)c4cc(OC)c(OC)c(OC)c4)CC3)C2c2ccc(-c3ccc(O)cc3)cc2)cc1. The van der Waals surface area contributed by atoms with Crippen molar-refractivity contribution in [3.8, 4) is 39.9 Å². The first-order valence-electron chi connectivity index (χ1n) is 17.4. The molecule has 2 unspecified atom stereocenters. The predicted octanol–water partition coefficient (Wildman–Crippen LogP) is 6.61. The number of nitrogens with zero attached hydrogens (tertiary/aromatic N) is 2. The fourth-order valence-corrected chi connectivity index (χ4v) is 7.27. The number of likely N-dealkylation sites (tertiary alicyclic amines) is 1. The highest BCUT2D eigenvalue weighted by Crippen LogP contribution is 2.58. The van der Waals surface area contributed by atoms with Crippen LogP contribution < -0.4 is 23.8 Å². The monoisotopic (exact) mass is 710 g/mol. The summed E-state index contributed by atoms with van der Waals surface area (Å²) in [5, 5.41) is 20.2. The molecular formula is C41H46N2O9. The van der Waals surface area contributed by atoms with Crippen LogP contribution in [0.2, 0.25) is 0 Å². The van der Waals surface area contributed by atoms with Crippen molar-refractivity contribution in [2.45, 2.75) is 51.5 Å². The molecule has 1 spiro atoms. The predicted molar refractivity (Wildman–Crippen MR) is 196 cm³/mol. The zero-order valence-electron chi connectivity index (χ0n) is 30.4. The van der Waals surface area contributed by atoms with Gasteiger partial charge in [-0.2, -0.15) is 0 Å². The summed E-state index contributed by atoms with van der Waals surface area (Å²) < 4.78 is 27.8. The molecule has 2 saturated heterocycles. The number of aliphatic hydroxyl groups excluding tert-OH is 1. The normalized spacial score (nSPS) is 17.4. The maximum Gasteiger partial charge on any atom is 0.254 e. The largest absolute Gasteiger partial charge is 0.508 e. The average molecular weight is 711 g/mol. The summed E-state index contributed by atoms with van der Waals surface area (Å²) in [5.41, 5.74) is 2.34. The third-order valence-electron chi connectivity index (χ3n) is 10.1. The van der Waals surface area contributed by atoms with Gasteiger partial charge in [-0.15, -0.1) is 0 Å². The van der Waals surface area contributed by atoms with Crippen molar-refractivity contribution in [3.05, 3.63) is 96.1 Å². The molecule has 2 aliphatic rings. The highest BCUT2D eigenvalue weighted by Gasteiger charge is 2.62. The van der Waals surface area contributed by atoms with E-state index in [1.54, 1.807) is 62.1 Å². The zero-order chi connectivity index (χ0) is 37.2. The molecular weight excluding hydrogens is 664 g/mol. The third-order valence-corrected chi connectivity index (χ3v) is 10.1. The van der Waals surface area contributed by atoms with Crippen molar-refractivity contribution in [2.24, 2.45) is 5.41 Å². The second-order valence-corrected chi connectivity index (χ2v) is 13.6. The zero-order valence-corrected chi connectivity index (χ0v) is 30.4. The van der Waals surface area contributed by atoms with Gasteiger partial charge in [-0.25, -0.2) is 0 Å². The number of carbonyl (C=O) groups excluding carboxylic acids is 2. The van der Waals surface area contributed by atoms with Crippen LogP contribution in [0.5, 0.6) is 28.7 Å². The van der Waals surface area contributed by atoms with Gasteiger partial charge in [-0.1, -0.05) is 36.4 Å². The molecule has 4 aromatic carbocycles. The van der Waals surface area contributed by atoms with Crippen LogP contribution in [0.3, 0.4) is 0 Å². The van der Waals surface area contributed by atoms with E-state index in [0.29, 0.717) is 61.1 Å². The Labute approximate surface area is 304 Å². The molecule has 0 radical (unpaired) electrons. The van der Waals surface area contributed by atoms with Crippen molar-refractivity contribution in [2.75, 3.05) is 45.9 Å². The van der Waals surface area contributed by atoms with Crippen LogP contribution in [0.25, 0.3) is 11.1 Å². The fourth-order valence-electron chi connectivity index (χ4n) is 7.27. The molecule has 52 heavy (non-hydrogen) atoms. The molecule has 0 aliphatic carbocycles. The number of hydrogen-bond acceptors (Lipinski definition) is 9. The summed E-state index contributed by atoms with van der Waals surface area (Å²) in [4.78, 5) is 31.8. The second kappa shape index (κ2) is 14.8. The molecule has 2 aliphatic heterocycles. The van der Waals surface area contributed by atoms with Crippen molar-refractivity contribution in [1.82, 2.24) is 4.90 Å². The Morgan fingerprint density at radius 3 is 1.94 bits per heavy atom. The van der Waals surface area contributed by atoms with Crippen LogP contribution in [-0.2, 0) is 9.53 Å². The first-order chi connectivity index (χ1) is 25.0. The minimum atomic E-state index is -1.12. The Bertz CT molecular complexity index is 1860. The summed E-state index contributed by atoms with van der Waals surface area (Å²) in [6.45, 7) is 6.43. The standard InChI is InChI=1S/C41H46N2O9/c1-7-51-39(47)40(2,3)52-32-18-14-30(15-19-32)43-36(28-10-8-26(9-11-28)27-12-16-31(44)17-13-27)41(38(43)46)20-22-42(23-21-41)37(45)29-24-33(48-4)35(50-6)34(25-29)49-5/h8-19,24-25,36,39,44,47H,7,20-23H2,1-6H3. The number of rotatable bonds is 12. The first-order valence-corrected chi connectivity index (χ1v) is 17.4. The van der Waals surface area contributed by atoms with E-state index in [0.717, 1.165) is 22.4 Å². The summed E-state index contributed by atoms with van der Waals surface area (Å²) in [6.07, 6.45) is -0.157. The van der Waals surface area contributed by atoms with E-state index in [1.165, 1.54) is 21.3 Å². The van der Waals surface area contributed by atoms with Crippen LogP contribution in [0.4, 0.5) is 5.69 Å². The van der Waals surface area contributed by atoms with Gasteiger partial charge in [0.2, 0.25) is 11.7 Å². The lowest BCUT2D eigenvalue weighted by molar-refractivity contribution is -0.186. The Balaban J connectivity index is 1.27. The van der Waals surface area contributed by atoms with Crippen molar-refractivity contribution in [1.29, 1.82) is 0 Å². The quantitative estimate of drug-likeness (QED) is 0.123. The van der Waals surface area contributed by atoms with E-state index in [1.807, 2.05) is 41.3 Å². The van der Waals surface area contributed by atoms with Gasteiger partial charge in [0.15, 0.2) is 23.4 Å². The van der Waals surface area contributed by atoms with Gasteiger partial charge < -0.3 is 43.7 Å². The topological polar surface area (TPSA) is 127 Å². The third kappa shape index (κ3) is 6.73. The number of phenols is 1. The number of β-lactam (4-membered cyclic amide) rings is 1. The maximum absolute atomic E-state index is 14.4.